The van der Waals surface area contributed by atoms with Crippen LogP contribution < -0.4 is 0 Å². The monoisotopic (exact) mass is 232 g/mol. The number of aliphatic carboxylic acids is 1. The molecule has 1 aromatic rings. The molecule has 0 heterocycles. The van der Waals surface area contributed by atoms with Gasteiger partial charge in [-0.1, -0.05) is 32.0 Å². The maximum absolute atomic E-state index is 11.0. The maximum Gasteiger partial charge on any atom is 0.310 e. The van der Waals surface area contributed by atoms with Crippen LogP contribution in [0.1, 0.15) is 43.4 Å². The van der Waals surface area contributed by atoms with Crippen molar-refractivity contribution in [2.45, 2.75) is 39.5 Å². The van der Waals surface area contributed by atoms with Crippen LogP contribution in [0.15, 0.2) is 18.2 Å². The lowest BCUT2D eigenvalue weighted by atomic mass is 9.93. The summed E-state index contributed by atoms with van der Waals surface area (Å²) in [5.74, 6) is 0.268. The number of benzene rings is 1. The standard InChI is InChI=1S/C15H20O2/c1-9(2)13-7-12-5-4-11(6-14(12)8-13)10(3)15(16)17/h4-6,9-10,13H,7-8H2,1-3H3,(H,16,17)/t10-,13+/m1/s1. The number of hydrogen-bond acceptors (Lipinski definition) is 1. The molecule has 1 aromatic carbocycles. The Morgan fingerprint density at radius 3 is 2.47 bits per heavy atom. The van der Waals surface area contributed by atoms with E-state index in [1.54, 1.807) is 6.92 Å². The van der Waals surface area contributed by atoms with Gasteiger partial charge in [0.25, 0.3) is 0 Å². The van der Waals surface area contributed by atoms with E-state index in [9.17, 15) is 4.79 Å². The van der Waals surface area contributed by atoms with Crippen molar-refractivity contribution >= 4 is 5.97 Å². The zero-order valence-corrected chi connectivity index (χ0v) is 10.7. The molecule has 0 fully saturated rings. The Balaban J connectivity index is 2.24. The molecule has 0 aromatic heterocycles. The van der Waals surface area contributed by atoms with Gasteiger partial charge >= 0.3 is 5.97 Å². The molecule has 92 valence electrons. The molecule has 0 spiro atoms. The third kappa shape index (κ3) is 2.36. The highest BCUT2D eigenvalue weighted by molar-refractivity contribution is 5.75. The highest BCUT2D eigenvalue weighted by Crippen LogP contribution is 2.33. The quantitative estimate of drug-likeness (QED) is 0.868. The van der Waals surface area contributed by atoms with Crippen LogP contribution >= 0.6 is 0 Å². The van der Waals surface area contributed by atoms with Crippen LogP contribution in [-0.4, -0.2) is 11.1 Å². The lowest BCUT2D eigenvalue weighted by Gasteiger charge is -2.12. The molecule has 1 aliphatic carbocycles. The number of fused-ring (bicyclic) bond motifs is 1. The van der Waals surface area contributed by atoms with E-state index in [4.69, 9.17) is 5.11 Å². The number of carbonyl (C=O) groups is 1. The van der Waals surface area contributed by atoms with E-state index in [0.29, 0.717) is 5.92 Å². The first-order valence-electron chi connectivity index (χ1n) is 6.33. The second-order valence-corrected chi connectivity index (χ2v) is 5.50. The fraction of sp³-hybridized carbons (Fsp3) is 0.533. The Labute approximate surface area is 103 Å². The normalized spacial score (nSPS) is 20.4. The van der Waals surface area contributed by atoms with Gasteiger partial charge in [-0.05, 0) is 48.3 Å². The molecule has 0 aliphatic heterocycles. The van der Waals surface area contributed by atoms with Gasteiger partial charge < -0.3 is 5.11 Å². The predicted octanol–water partition coefficient (Wildman–Crippen LogP) is 3.25. The molecule has 2 nitrogen and oxygen atoms in total. The smallest absolute Gasteiger partial charge is 0.310 e. The van der Waals surface area contributed by atoms with Gasteiger partial charge in [0.1, 0.15) is 0 Å². The molecular weight excluding hydrogens is 212 g/mol. The Bertz CT molecular complexity index is 435. The summed E-state index contributed by atoms with van der Waals surface area (Å²) in [6.45, 7) is 6.27. The van der Waals surface area contributed by atoms with Crippen LogP contribution in [-0.2, 0) is 17.6 Å². The maximum atomic E-state index is 11.0. The largest absolute Gasteiger partial charge is 0.481 e. The minimum Gasteiger partial charge on any atom is -0.481 e. The number of rotatable bonds is 3. The van der Waals surface area contributed by atoms with E-state index in [0.717, 1.165) is 24.3 Å². The zero-order valence-electron chi connectivity index (χ0n) is 10.7. The molecule has 2 heteroatoms. The Hall–Kier alpha value is -1.31. The average Bonchev–Trinajstić information content (AvgIpc) is 2.70. The second-order valence-electron chi connectivity index (χ2n) is 5.50. The predicted molar refractivity (Wildman–Crippen MR) is 68.2 cm³/mol. The van der Waals surface area contributed by atoms with Crippen molar-refractivity contribution in [1.82, 2.24) is 0 Å². The van der Waals surface area contributed by atoms with Crippen LogP contribution in [0.3, 0.4) is 0 Å². The minimum atomic E-state index is -0.747. The van der Waals surface area contributed by atoms with Crippen LogP contribution in [0.2, 0.25) is 0 Å². The molecule has 17 heavy (non-hydrogen) atoms. The molecule has 2 rings (SSSR count). The molecule has 2 atom stereocenters. The molecule has 0 radical (unpaired) electrons. The lowest BCUT2D eigenvalue weighted by molar-refractivity contribution is -0.138. The minimum absolute atomic E-state index is 0.404. The van der Waals surface area contributed by atoms with Gasteiger partial charge in [-0.15, -0.1) is 0 Å². The van der Waals surface area contributed by atoms with Crippen molar-refractivity contribution in [3.05, 3.63) is 34.9 Å². The molecule has 0 unspecified atom stereocenters. The van der Waals surface area contributed by atoms with Gasteiger partial charge in [0.05, 0.1) is 5.92 Å². The van der Waals surface area contributed by atoms with E-state index >= 15 is 0 Å². The molecule has 1 aliphatic rings. The summed E-state index contributed by atoms with van der Waals surface area (Å²) in [4.78, 5) is 11.0. The summed E-state index contributed by atoms with van der Waals surface area (Å²) in [6, 6.07) is 6.18. The SMILES string of the molecule is CC(C)[C@H]1Cc2ccc([C@@H](C)C(=O)O)cc2C1. The first-order chi connectivity index (χ1) is 7.99. The highest BCUT2D eigenvalue weighted by Gasteiger charge is 2.25. The van der Waals surface area contributed by atoms with Crippen molar-refractivity contribution in [1.29, 1.82) is 0 Å². The molecule has 0 saturated carbocycles. The third-order valence-corrected chi connectivity index (χ3v) is 4.01. The van der Waals surface area contributed by atoms with Crippen molar-refractivity contribution in [3.63, 3.8) is 0 Å². The topological polar surface area (TPSA) is 37.3 Å². The van der Waals surface area contributed by atoms with Crippen LogP contribution in [0.5, 0.6) is 0 Å². The van der Waals surface area contributed by atoms with E-state index < -0.39 is 11.9 Å². The fourth-order valence-electron chi connectivity index (χ4n) is 2.56. The Kier molecular flexibility index (Phi) is 3.23. The van der Waals surface area contributed by atoms with Crippen LogP contribution in [0.4, 0.5) is 0 Å². The molecule has 0 amide bonds. The number of hydrogen-bond donors (Lipinski definition) is 1. The van der Waals surface area contributed by atoms with Gasteiger partial charge in [-0.2, -0.15) is 0 Å². The average molecular weight is 232 g/mol. The third-order valence-electron chi connectivity index (χ3n) is 4.01. The zero-order chi connectivity index (χ0) is 12.6. The summed E-state index contributed by atoms with van der Waals surface area (Å²) >= 11 is 0. The summed E-state index contributed by atoms with van der Waals surface area (Å²) in [7, 11) is 0. The second kappa shape index (κ2) is 4.52. The van der Waals surface area contributed by atoms with Crippen LogP contribution in [0, 0.1) is 11.8 Å². The van der Waals surface area contributed by atoms with Gasteiger partial charge in [0.15, 0.2) is 0 Å². The molecular formula is C15H20O2. The summed E-state index contributed by atoms with van der Waals surface area (Å²) in [5, 5.41) is 9.02. The van der Waals surface area contributed by atoms with Crippen LogP contribution in [0.25, 0.3) is 0 Å². The van der Waals surface area contributed by atoms with Crippen molar-refractivity contribution in [3.8, 4) is 0 Å². The summed E-state index contributed by atoms with van der Waals surface area (Å²) < 4.78 is 0. The molecule has 0 saturated heterocycles. The van der Waals surface area contributed by atoms with Gasteiger partial charge in [-0.25, -0.2) is 0 Å². The molecule has 1 N–H and O–H groups in total. The Morgan fingerprint density at radius 1 is 1.24 bits per heavy atom. The number of carboxylic acid groups (broad SMARTS) is 1. The summed E-state index contributed by atoms with van der Waals surface area (Å²) in [5.41, 5.74) is 3.69. The van der Waals surface area contributed by atoms with Crippen molar-refractivity contribution in [2.75, 3.05) is 0 Å². The molecule has 0 bridgehead atoms. The van der Waals surface area contributed by atoms with E-state index in [1.165, 1.54) is 11.1 Å². The lowest BCUT2D eigenvalue weighted by Crippen LogP contribution is -2.08. The van der Waals surface area contributed by atoms with Crippen molar-refractivity contribution in [2.24, 2.45) is 11.8 Å². The van der Waals surface area contributed by atoms with E-state index in [2.05, 4.69) is 26.0 Å². The van der Waals surface area contributed by atoms with Gasteiger partial charge in [-0.3, -0.25) is 4.79 Å². The van der Waals surface area contributed by atoms with E-state index in [1.807, 2.05) is 6.07 Å². The van der Waals surface area contributed by atoms with Gasteiger partial charge in [0.2, 0.25) is 0 Å². The summed E-state index contributed by atoms with van der Waals surface area (Å²) in [6.07, 6.45) is 2.25. The van der Waals surface area contributed by atoms with Gasteiger partial charge in [0, 0.05) is 0 Å². The first kappa shape index (κ1) is 12.2. The van der Waals surface area contributed by atoms with E-state index in [-0.39, 0.29) is 0 Å². The fourth-order valence-corrected chi connectivity index (χ4v) is 2.56. The highest BCUT2D eigenvalue weighted by atomic mass is 16.4. The van der Waals surface area contributed by atoms with Crippen molar-refractivity contribution < 1.29 is 9.90 Å². The number of carboxylic acids is 1. The Morgan fingerprint density at radius 2 is 1.88 bits per heavy atom. The first-order valence-corrected chi connectivity index (χ1v) is 6.33.